The second-order valence-corrected chi connectivity index (χ2v) is 4.52. The predicted molar refractivity (Wildman–Crippen MR) is 70.8 cm³/mol. The summed E-state index contributed by atoms with van der Waals surface area (Å²) in [5, 5.41) is 3.27. The van der Waals surface area contributed by atoms with Gasteiger partial charge in [-0.15, -0.1) is 0 Å². The van der Waals surface area contributed by atoms with Crippen LogP contribution in [0.25, 0.3) is 0 Å². The molecule has 0 fully saturated rings. The molecule has 1 unspecified atom stereocenters. The van der Waals surface area contributed by atoms with Crippen molar-refractivity contribution in [1.82, 2.24) is 10.2 Å². The fourth-order valence-electron chi connectivity index (χ4n) is 1.63. The summed E-state index contributed by atoms with van der Waals surface area (Å²) in [6.45, 7) is 4.53. The molecule has 0 bridgehead atoms. The summed E-state index contributed by atoms with van der Waals surface area (Å²) in [5.74, 6) is 0. The molecule has 0 saturated carbocycles. The van der Waals surface area contributed by atoms with Crippen molar-refractivity contribution in [3.8, 4) is 0 Å². The Morgan fingerprint density at radius 1 is 1.19 bits per heavy atom. The average Bonchev–Trinajstić information content (AvgIpc) is 2.34. The fourth-order valence-corrected chi connectivity index (χ4v) is 1.63. The van der Waals surface area contributed by atoms with Crippen LogP contribution in [0.4, 0.5) is 0 Å². The largest absolute Gasteiger partial charge is 0.317 e. The van der Waals surface area contributed by atoms with Crippen LogP contribution in [0, 0.1) is 0 Å². The van der Waals surface area contributed by atoms with Crippen LogP contribution in [0.1, 0.15) is 18.9 Å². The Morgan fingerprint density at radius 3 is 2.50 bits per heavy atom. The smallest absolute Gasteiger partial charge is 0.00478 e. The maximum Gasteiger partial charge on any atom is 0.00478 e. The minimum absolute atomic E-state index is 0.610. The molecule has 2 nitrogen and oxygen atoms in total. The van der Waals surface area contributed by atoms with E-state index in [2.05, 4.69) is 54.5 Å². The molecule has 1 rings (SSSR count). The molecule has 1 aromatic carbocycles. The highest BCUT2D eigenvalue weighted by molar-refractivity contribution is 5.14. The zero-order chi connectivity index (χ0) is 11.8. The number of benzene rings is 1. The van der Waals surface area contributed by atoms with Crippen LogP contribution in [0.2, 0.25) is 0 Å². The molecular formula is C14H24N2. The molecule has 2 heteroatoms. The van der Waals surface area contributed by atoms with Gasteiger partial charge in [0.25, 0.3) is 0 Å². The third-order valence-corrected chi connectivity index (χ3v) is 3.06. The van der Waals surface area contributed by atoms with Crippen molar-refractivity contribution in [2.24, 2.45) is 0 Å². The van der Waals surface area contributed by atoms with E-state index in [4.69, 9.17) is 0 Å². The maximum absolute atomic E-state index is 3.27. The number of nitrogens with zero attached hydrogens (tertiary/aromatic N) is 1. The van der Waals surface area contributed by atoms with Crippen molar-refractivity contribution in [2.45, 2.75) is 25.8 Å². The van der Waals surface area contributed by atoms with Crippen LogP contribution in [0.15, 0.2) is 30.3 Å². The summed E-state index contributed by atoms with van der Waals surface area (Å²) in [6.07, 6.45) is 2.35. The Morgan fingerprint density at radius 2 is 1.88 bits per heavy atom. The zero-order valence-electron chi connectivity index (χ0n) is 10.7. The van der Waals surface area contributed by atoms with Gasteiger partial charge in [-0.1, -0.05) is 30.3 Å². The van der Waals surface area contributed by atoms with Crippen LogP contribution in [-0.2, 0) is 6.42 Å². The summed E-state index contributed by atoms with van der Waals surface area (Å²) in [4.78, 5) is 2.40. The molecule has 0 heterocycles. The predicted octanol–water partition coefficient (Wildman–Crippen LogP) is 2.16. The second kappa shape index (κ2) is 7.42. The van der Waals surface area contributed by atoms with Crippen molar-refractivity contribution in [3.63, 3.8) is 0 Å². The normalized spacial score (nSPS) is 13.0. The summed E-state index contributed by atoms with van der Waals surface area (Å²) < 4.78 is 0. The molecule has 1 N–H and O–H groups in total. The van der Waals surface area contributed by atoms with Gasteiger partial charge in [0.05, 0.1) is 0 Å². The first-order valence-electron chi connectivity index (χ1n) is 6.12. The van der Waals surface area contributed by atoms with Gasteiger partial charge in [-0.05, 0) is 46.0 Å². The molecular weight excluding hydrogens is 196 g/mol. The van der Waals surface area contributed by atoms with Gasteiger partial charge in [0.15, 0.2) is 0 Å². The van der Waals surface area contributed by atoms with E-state index in [1.165, 1.54) is 12.0 Å². The van der Waals surface area contributed by atoms with Crippen molar-refractivity contribution < 1.29 is 0 Å². The van der Waals surface area contributed by atoms with E-state index in [1.54, 1.807) is 0 Å². The number of hydrogen-bond acceptors (Lipinski definition) is 2. The van der Waals surface area contributed by atoms with Gasteiger partial charge in [0.2, 0.25) is 0 Å². The van der Waals surface area contributed by atoms with E-state index in [-0.39, 0.29) is 0 Å². The zero-order valence-corrected chi connectivity index (χ0v) is 10.7. The Hall–Kier alpha value is -0.860. The molecule has 0 aromatic heterocycles. The molecule has 0 saturated heterocycles. The molecule has 0 radical (unpaired) electrons. The monoisotopic (exact) mass is 220 g/mol. The van der Waals surface area contributed by atoms with Gasteiger partial charge in [0, 0.05) is 12.6 Å². The molecule has 16 heavy (non-hydrogen) atoms. The topological polar surface area (TPSA) is 15.3 Å². The fraction of sp³-hybridized carbons (Fsp3) is 0.571. The third-order valence-electron chi connectivity index (χ3n) is 3.06. The molecule has 1 atom stereocenters. The van der Waals surface area contributed by atoms with E-state index in [1.807, 2.05) is 7.05 Å². The molecule has 0 amide bonds. The molecule has 90 valence electrons. The Kier molecular flexibility index (Phi) is 6.12. The highest BCUT2D eigenvalue weighted by atomic mass is 15.1. The SMILES string of the molecule is CNC(C)CCN(C)CCc1ccccc1. The molecule has 0 aliphatic heterocycles. The molecule has 0 aliphatic carbocycles. The lowest BCUT2D eigenvalue weighted by Crippen LogP contribution is -2.29. The highest BCUT2D eigenvalue weighted by Gasteiger charge is 2.02. The van der Waals surface area contributed by atoms with E-state index in [0.29, 0.717) is 6.04 Å². The first-order chi connectivity index (χ1) is 7.72. The lowest BCUT2D eigenvalue weighted by molar-refractivity contribution is 0.317. The highest BCUT2D eigenvalue weighted by Crippen LogP contribution is 2.01. The van der Waals surface area contributed by atoms with Gasteiger partial charge >= 0.3 is 0 Å². The first-order valence-corrected chi connectivity index (χ1v) is 6.12. The van der Waals surface area contributed by atoms with Gasteiger partial charge < -0.3 is 10.2 Å². The summed E-state index contributed by atoms with van der Waals surface area (Å²) in [6, 6.07) is 11.3. The lowest BCUT2D eigenvalue weighted by atomic mass is 10.1. The minimum Gasteiger partial charge on any atom is -0.317 e. The lowest BCUT2D eigenvalue weighted by Gasteiger charge is -2.19. The van der Waals surface area contributed by atoms with Gasteiger partial charge in [0.1, 0.15) is 0 Å². The van der Waals surface area contributed by atoms with Gasteiger partial charge in [-0.3, -0.25) is 0 Å². The maximum atomic E-state index is 3.27. The molecule has 0 spiro atoms. The Balaban J connectivity index is 2.18. The summed E-state index contributed by atoms with van der Waals surface area (Å²) >= 11 is 0. The van der Waals surface area contributed by atoms with Crippen molar-refractivity contribution in [3.05, 3.63) is 35.9 Å². The quantitative estimate of drug-likeness (QED) is 0.757. The van der Waals surface area contributed by atoms with Gasteiger partial charge in [-0.25, -0.2) is 0 Å². The molecule has 0 aliphatic rings. The van der Waals surface area contributed by atoms with Crippen LogP contribution < -0.4 is 5.32 Å². The Bertz CT molecular complexity index is 271. The number of hydrogen-bond donors (Lipinski definition) is 1. The summed E-state index contributed by atoms with van der Waals surface area (Å²) in [7, 11) is 4.22. The second-order valence-electron chi connectivity index (χ2n) is 4.52. The van der Waals surface area contributed by atoms with E-state index in [0.717, 1.165) is 19.5 Å². The number of likely N-dealkylation sites (N-methyl/N-ethyl adjacent to an activating group) is 1. The van der Waals surface area contributed by atoms with Crippen molar-refractivity contribution in [2.75, 3.05) is 27.2 Å². The van der Waals surface area contributed by atoms with Crippen LogP contribution in [-0.4, -0.2) is 38.1 Å². The van der Waals surface area contributed by atoms with E-state index < -0.39 is 0 Å². The number of nitrogens with one attached hydrogen (secondary N) is 1. The Labute approximate surface area is 99.7 Å². The van der Waals surface area contributed by atoms with Crippen LogP contribution >= 0.6 is 0 Å². The van der Waals surface area contributed by atoms with Crippen LogP contribution in [0.5, 0.6) is 0 Å². The first kappa shape index (κ1) is 13.2. The van der Waals surface area contributed by atoms with Crippen molar-refractivity contribution in [1.29, 1.82) is 0 Å². The third kappa shape index (κ3) is 5.29. The average molecular weight is 220 g/mol. The number of rotatable bonds is 7. The molecule has 1 aromatic rings. The van der Waals surface area contributed by atoms with E-state index in [9.17, 15) is 0 Å². The van der Waals surface area contributed by atoms with Crippen LogP contribution in [0.3, 0.4) is 0 Å². The van der Waals surface area contributed by atoms with Gasteiger partial charge in [-0.2, -0.15) is 0 Å². The minimum atomic E-state index is 0.610. The standard InChI is InChI=1S/C14H24N2/c1-13(15-2)9-11-16(3)12-10-14-7-5-4-6-8-14/h4-8,13,15H,9-12H2,1-3H3. The van der Waals surface area contributed by atoms with Crippen molar-refractivity contribution >= 4 is 0 Å². The van der Waals surface area contributed by atoms with E-state index >= 15 is 0 Å². The summed E-state index contributed by atoms with van der Waals surface area (Å²) in [5.41, 5.74) is 1.43.